The van der Waals surface area contributed by atoms with Crippen LogP contribution in [0.2, 0.25) is 0 Å². The highest BCUT2D eigenvalue weighted by Crippen LogP contribution is 2.13. The van der Waals surface area contributed by atoms with E-state index in [4.69, 9.17) is 6.42 Å². The lowest BCUT2D eigenvalue weighted by Gasteiger charge is -2.27. The lowest BCUT2D eigenvalue weighted by molar-refractivity contribution is -0.121. The van der Waals surface area contributed by atoms with Gasteiger partial charge in [-0.3, -0.25) is 9.59 Å². The third-order valence-electron chi connectivity index (χ3n) is 4.04. The van der Waals surface area contributed by atoms with Gasteiger partial charge in [0.15, 0.2) is 0 Å². The second kappa shape index (κ2) is 7.65. The molecule has 0 aliphatic carbocycles. The summed E-state index contributed by atoms with van der Waals surface area (Å²) in [6.45, 7) is 7.70. The Bertz CT molecular complexity index is 596. The monoisotopic (exact) mass is 300 g/mol. The Kier molecular flexibility index (Phi) is 6.18. The summed E-state index contributed by atoms with van der Waals surface area (Å²) in [7, 11) is 0. The highest BCUT2D eigenvalue weighted by molar-refractivity contribution is 5.96. The third kappa shape index (κ3) is 4.36. The SMILES string of the molecule is C#CC(CC)(CC)NC(=O)CNC(=O)c1ccc(C)c(C)c1. The number of amides is 2. The van der Waals surface area contributed by atoms with E-state index in [-0.39, 0.29) is 18.4 Å². The predicted octanol–water partition coefficient (Wildman–Crippen LogP) is 2.34. The number of aryl methyl sites for hydroxylation is 2. The number of carbonyl (C=O) groups excluding carboxylic acids is 2. The average Bonchev–Trinajstić information content (AvgIpc) is 2.53. The molecule has 0 radical (unpaired) electrons. The quantitative estimate of drug-likeness (QED) is 0.792. The van der Waals surface area contributed by atoms with Crippen LogP contribution in [0.3, 0.4) is 0 Å². The second-order valence-electron chi connectivity index (χ2n) is 5.46. The normalized spacial score (nSPS) is 10.7. The molecule has 4 nitrogen and oxygen atoms in total. The number of carbonyl (C=O) groups is 2. The van der Waals surface area contributed by atoms with Crippen molar-refractivity contribution in [3.8, 4) is 12.3 Å². The molecule has 0 spiro atoms. The molecule has 4 heteroatoms. The number of benzene rings is 1. The van der Waals surface area contributed by atoms with Gasteiger partial charge in [-0.15, -0.1) is 6.42 Å². The summed E-state index contributed by atoms with van der Waals surface area (Å²) in [5.74, 6) is 2.09. The van der Waals surface area contributed by atoms with Gasteiger partial charge in [-0.1, -0.05) is 25.8 Å². The summed E-state index contributed by atoms with van der Waals surface area (Å²) in [6.07, 6.45) is 6.80. The van der Waals surface area contributed by atoms with Crippen molar-refractivity contribution in [2.45, 2.75) is 46.1 Å². The fourth-order valence-electron chi connectivity index (χ4n) is 2.12. The molecule has 1 aromatic carbocycles. The van der Waals surface area contributed by atoms with Crippen LogP contribution in [0, 0.1) is 26.2 Å². The van der Waals surface area contributed by atoms with E-state index in [0.29, 0.717) is 18.4 Å². The Labute approximate surface area is 132 Å². The highest BCUT2D eigenvalue weighted by atomic mass is 16.2. The van der Waals surface area contributed by atoms with Crippen molar-refractivity contribution in [2.24, 2.45) is 0 Å². The molecular formula is C18H24N2O2. The average molecular weight is 300 g/mol. The van der Waals surface area contributed by atoms with Crippen molar-refractivity contribution >= 4 is 11.8 Å². The standard InChI is InChI=1S/C18H24N2O2/c1-6-18(7-2,8-3)20-16(21)12-19-17(22)15-10-9-13(4)14(5)11-15/h1,9-11H,7-8,12H2,2-5H3,(H,19,22)(H,20,21). The molecule has 0 saturated carbocycles. The Hall–Kier alpha value is -2.28. The van der Waals surface area contributed by atoms with Gasteiger partial charge in [-0.2, -0.15) is 0 Å². The number of nitrogens with one attached hydrogen (secondary N) is 2. The Morgan fingerprint density at radius 2 is 1.82 bits per heavy atom. The molecule has 2 N–H and O–H groups in total. The van der Waals surface area contributed by atoms with E-state index in [1.807, 2.05) is 39.8 Å². The molecule has 0 bridgehead atoms. The summed E-state index contributed by atoms with van der Waals surface area (Å²) in [5, 5.41) is 5.44. The van der Waals surface area contributed by atoms with Crippen LogP contribution < -0.4 is 10.6 Å². The van der Waals surface area contributed by atoms with Gasteiger partial charge >= 0.3 is 0 Å². The maximum absolute atomic E-state index is 12.1. The van der Waals surface area contributed by atoms with Crippen molar-refractivity contribution in [1.29, 1.82) is 0 Å². The van der Waals surface area contributed by atoms with Crippen LogP contribution in [0.1, 0.15) is 48.2 Å². The molecule has 0 atom stereocenters. The van der Waals surface area contributed by atoms with Crippen LogP contribution in [0.5, 0.6) is 0 Å². The predicted molar refractivity (Wildman–Crippen MR) is 88.5 cm³/mol. The van der Waals surface area contributed by atoms with Crippen LogP contribution in [-0.2, 0) is 4.79 Å². The van der Waals surface area contributed by atoms with Crippen molar-refractivity contribution in [3.63, 3.8) is 0 Å². The molecule has 0 aromatic heterocycles. The van der Waals surface area contributed by atoms with Gasteiger partial charge in [0.1, 0.15) is 5.54 Å². The maximum atomic E-state index is 12.1. The molecule has 1 rings (SSSR count). The van der Waals surface area contributed by atoms with Crippen LogP contribution in [0.15, 0.2) is 18.2 Å². The first-order valence-corrected chi connectivity index (χ1v) is 7.51. The maximum Gasteiger partial charge on any atom is 0.251 e. The highest BCUT2D eigenvalue weighted by Gasteiger charge is 2.25. The van der Waals surface area contributed by atoms with Crippen molar-refractivity contribution in [2.75, 3.05) is 6.54 Å². The Balaban J connectivity index is 2.62. The van der Waals surface area contributed by atoms with E-state index in [2.05, 4.69) is 16.6 Å². The zero-order chi connectivity index (χ0) is 16.8. The molecule has 0 fully saturated rings. The van der Waals surface area contributed by atoms with Gasteiger partial charge in [0, 0.05) is 5.56 Å². The van der Waals surface area contributed by atoms with E-state index in [1.54, 1.807) is 6.07 Å². The molecule has 0 unspecified atom stereocenters. The molecular weight excluding hydrogens is 276 g/mol. The zero-order valence-corrected chi connectivity index (χ0v) is 13.7. The van der Waals surface area contributed by atoms with Crippen molar-refractivity contribution in [1.82, 2.24) is 10.6 Å². The van der Waals surface area contributed by atoms with E-state index >= 15 is 0 Å². The summed E-state index contributed by atoms with van der Waals surface area (Å²) >= 11 is 0. The molecule has 22 heavy (non-hydrogen) atoms. The number of hydrogen-bond donors (Lipinski definition) is 2. The topological polar surface area (TPSA) is 58.2 Å². The smallest absolute Gasteiger partial charge is 0.251 e. The number of rotatable bonds is 6. The first-order valence-electron chi connectivity index (χ1n) is 7.51. The van der Waals surface area contributed by atoms with Crippen LogP contribution in [0.4, 0.5) is 0 Å². The first-order chi connectivity index (χ1) is 10.4. The zero-order valence-electron chi connectivity index (χ0n) is 13.7. The van der Waals surface area contributed by atoms with E-state index in [0.717, 1.165) is 11.1 Å². The first kappa shape index (κ1) is 17.8. The summed E-state index contributed by atoms with van der Waals surface area (Å²) < 4.78 is 0. The van der Waals surface area contributed by atoms with Crippen LogP contribution >= 0.6 is 0 Å². The molecule has 0 saturated heterocycles. The van der Waals surface area contributed by atoms with Gasteiger partial charge < -0.3 is 10.6 Å². The lowest BCUT2D eigenvalue weighted by Crippen LogP contribution is -2.50. The van der Waals surface area contributed by atoms with Gasteiger partial charge in [-0.25, -0.2) is 0 Å². The van der Waals surface area contributed by atoms with E-state index in [1.165, 1.54) is 0 Å². The van der Waals surface area contributed by atoms with E-state index in [9.17, 15) is 9.59 Å². The molecule has 2 amide bonds. The molecule has 0 aliphatic heterocycles. The molecule has 0 aliphatic rings. The van der Waals surface area contributed by atoms with Crippen LogP contribution in [-0.4, -0.2) is 23.9 Å². The minimum Gasteiger partial charge on any atom is -0.343 e. The van der Waals surface area contributed by atoms with Gasteiger partial charge in [0.05, 0.1) is 6.54 Å². The summed E-state index contributed by atoms with van der Waals surface area (Å²) in [5.41, 5.74) is 2.08. The summed E-state index contributed by atoms with van der Waals surface area (Å²) in [4.78, 5) is 24.0. The number of terminal acetylenes is 1. The van der Waals surface area contributed by atoms with Crippen molar-refractivity contribution in [3.05, 3.63) is 34.9 Å². The third-order valence-corrected chi connectivity index (χ3v) is 4.04. The van der Waals surface area contributed by atoms with Gasteiger partial charge in [0.2, 0.25) is 5.91 Å². The van der Waals surface area contributed by atoms with Gasteiger partial charge in [-0.05, 0) is 49.9 Å². The van der Waals surface area contributed by atoms with Crippen molar-refractivity contribution < 1.29 is 9.59 Å². The van der Waals surface area contributed by atoms with E-state index < -0.39 is 5.54 Å². The molecule has 0 heterocycles. The fraction of sp³-hybridized carbons (Fsp3) is 0.444. The largest absolute Gasteiger partial charge is 0.343 e. The minimum atomic E-state index is -0.637. The Morgan fingerprint density at radius 3 is 2.32 bits per heavy atom. The van der Waals surface area contributed by atoms with Crippen LogP contribution in [0.25, 0.3) is 0 Å². The number of hydrogen-bond acceptors (Lipinski definition) is 2. The Morgan fingerprint density at radius 1 is 1.18 bits per heavy atom. The molecule has 1 aromatic rings. The van der Waals surface area contributed by atoms with Gasteiger partial charge in [0.25, 0.3) is 5.91 Å². The fourth-order valence-corrected chi connectivity index (χ4v) is 2.12. The lowest BCUT2D eigenvalue weighted by atomic mass is 9.94. The minimum absolute atomic E-state index is 0.0881. The summed E-state index contributed by atoms with van der Waals surface area (Å²) in [6, 6.07) is 5.45. The second-order valence-corrected chi connectivity index (χ2v) is 5.46. The molecule has 118 valence electrons.